The van der Waals surface area contributed by atoms with Crippen molar-refractivity contribution in [2.45, 2.75) is 0 Å². The maximum atomic E-state index is 10.9. The molecule has 0 aromatic rings. The molecule has 4 nitrogen and oxygen atoms in total. The number of rotatable bonds is 0. The Morgan fingerprint density at radius 2 is 1.71 bits per heavy atom. The Morgan fingerprint density at radius 1 is 1.57 bits per heavy atom. The van der Waals surface area contributed by atoms with Crippen molar-refractivity contribution in [3.63, 3.8) is 0 Å². The Balaban J connectivity index is 4.43. The summed E-state index contributed by atoms with van der Waals surface area (Å²) in [5.74, 6) is 0. The number of halogens is 1. The summed E-state index contributed by atoms with van der Waals surface area (Å²) in [7, 11) is -5.32. The van der Waals surface area contributed by atoms with E-state index in [2.05, 4.69) is 0 Å². The fraction of sp³-hybridized carbons (Fsp3) is 0. The molecule has 0 amide bonds. The third kappa shape index (κ3) is 2.10. The molecule has 0 aliphatic rings. The van der Waals surface area contributed by atoms with Crippen LogP contribution in [0.3, 0.4) is 0 Å². The van der Waals surface area contributed by atoms with Crippen molar-refractivity contribution >= 4 is 15.5 Å². The van der Waals surface area contributed by atoms with Crippen molar-refractivity contribution in [3.05, 3.63) is 0 Å². The summed E-state index contributed by atoms with van der Waals surface area (Å²) in [5.41, 5.74) is 0. The molecule has 42 valence electrons. The van der Waals surface area contributed by atoms with Gasteiger partial charge in [0.25, 0.3) is 0 Å². The van der Waals surface area contributed by atoms with Crippen LogP contribution in [-0.2, 0) is 10.2 Å². The van der Waals surface area contributed by atoms with Crippen molar-refractivity contribution < 1.29 is 22.2 Å². The predicted octanol–water partition coefficient (Wildman–Crippen LogP) is -0.0363. The molecule has 0 radical (unpaired) electrons. The third-order valence-electron chi connectivity index (χ3n) is 0.209. The molecule has 0 aliphatic carbocycles. The molecule has 7 heavy (non-hydrogen) atoms. The van der Waals surface area contributed by atoms with Gasteiger partial charge in [-0.2, -0.15) is 8.42 Å². The second kappa shape index (κ2) is 1.45. The van der Waals surface area contributed by atoms with Gasteiger partial charge in [0.05, 0.1) is 0 Å². The molecule has 0 saturated heterocycles. The SMILES string of the molecule is O=C(O)S(=O)(=O)F. The molecule has 0 aromatic heterocycles. The molecular weight excluding hydrogens is 127 g/mol. The standard InChI is InChI=1S/CHFO4S/c2-7(5,6)1(3)4/h(H,3,4). The highest BCUT2D eigenvalue weighted by atomic mass is 32.3. The third-order valence-corrected chi connectivity index (χ3v) is 0.626. The second-order valence-electron chi connectivity index (χ2n) is 0.704. The van der Waals surface area contributed by atoms with Crippen LogP contribution in [0.1, 0.15) is 0 Å². The first-order chi connectivity index (χ1) is 2.94. The molecular formula is CHFO4S. The maximum Gasteiger partial charge on any atom is 0.454 e. The average molecular weight is 128 g/mol. The zero-order valence-corrected chi connectivity index (χ0v) is 3.77. The van der Waals surface area contributed by atoms with E-state index in [9.17, 15) is 3.89 Å². The van der Waals surface area contributed by atoms with Gasteiger partial charge in [-0.25, -0.2) is 4.79 Å². The van der Waals surface area contributed by atoms with E-state index < -0.39 is 15.5 Å². The Bertz CT molecular complexity index is 166. The lowest BCUT2D eigenvalue weighted by Gasteiger charge is -1.75. The van der Waals surface area contributed by atoms with Gasteiger partial charge >= 0.3 is 15.5 Å². The van der Waals surface area contributed by atoms with Crippen LogP contribution >= 0.6 is 0 Å². The van der Waals surface area contributed by atoms with E-state index in [-0.39, 0.29) is 0 Å². The van der Waals surface area contributed by atoms with Crippen LogP contribution in [0, 0.1) is 0 Å². The van der Waals surface area contributed by atoms with Gasteiger partial charge in [0.15, 0.2) is 0 Å². The van der Waals surface area contributed by atoms with Gasteiger partial charge in [0.2, 0.25) is 0 Å². The summed E-state index contributed by atoms with van der Waals surface area (Å²) in [6.45, 7) is 0. The van der Waals surface area contributed by atoms with Crippen LogP contribution in [0.5, 0.6) is 0 Å². The molecule has 0 unspecified atom stereocenters. The van der Waals surface area contributed by atoms with Crippen molar-refractivity contribution in [2.24, 2.45) is 0 Å². The van der Waals surface area contributed by atoms with Gasteiger partial charge in [-0.15, -0.1) is 0 Å². The zero-order chi connectivity index (χ0) is 6.08. The quantitative estimate of drug-likeness (QED) is 0.465. The molecule has 1 N–H and O–H groups in total. The number of carboxylic acid groups (broad SMARTS) is 1. The van der Waals surface area contributed by atoms with Crippen LogP contribution in [0.2, 0.25) is 0 Å². The monoisotopic (exact) mass is 128 g/mol. The summed E-state index contributed by atoms with van der Waals surface area (Å²) < 4.78 is 29.0. The molecule has 0 aliphatic heterocycles. The van der Waals surface area contributed by atoms with Crippen molar-refractivity contribution in [2.75, 3.05) is 0 Å². The average Bonchev–Trinajstić information content (AvgIpc) is 1.31. The fourth-order valence-electron chi connectivity index (χ4n) is 0. The summed E-state index contributed by atoms with van der Waals surface area (Å²) in [6.07, 6.45) is 0. The summed E-state index contributed by atoms with van der Waals surface area (Å²) in [5, 5.41) is 4.84. The largest absolute Gasteiger partial charge is 0.468 e. The minimum atomic E-state index is -5.32. The summed E-state index contributed by atoms with van der Waals surface area (Å²) in [6, 6.07) is 0. The van der Waals surface area contributed by atoms with E-state index in [0.29, 0.717) is 0 Å². The first-order valence-electron chi connectivity index (χ1n) is 1.12. The Labute approximate surface area is 38.8 Å². The Morgan fingerprint density at radius 3 is 1.71 bits per heavy atom. The minimum absolute atomic E-state index is 2.45. The van der Waals surface area contributed by atoms with Gasteiger partial charge in [-0.05, 0) is 0 Å². The summed E-state index contributed by atoms with van der Waals surface area (Å²) in [4.78, 5) is 9.06. The minimum Gasteiger partial charge on any atom is -0.468 e. The van der Waals surface area contributed by atoms with Gasteiger partial charge in [-0.1, -0.05) is 3.89 Å². The zero-order valence-electron chi connectivity index (χ0n) is 2.96. The van der Waals surface area contributed by atoms with E-state index >= 15 is 0 Å². The first kappa shape index (κ1) is 6.35. The molecule has 6 heteroatoms. The predicted molar refractivity (Wildman–Crippen MR) is 18.1 cm³/mol. The van der Waals surface area contributed by atoms with Crippen LogP contribution < -0.4 is 0 Å². The summed E-state index contributed by atoms with van der Waals surface area (Å²) >= 11 is 0. The first-order valence-corrected chi connectivity index (χ1v) is 2.50. The number of carbonyl (C=O) groups is 1. The van der Waals surface area contributed by atoms with Crippen molar-refractivity contribution in [1.29, 1.82) is 0 Å². The second-order valence-corrected chi connectivity index (χ2v) is 1.93. The molecule has 0 rings (SSSR count). The normalized spacial score (nSPS) is 11.0. The maximum absolute atomic E-state index is 10.9. The molecule has 0 saturated carbocycles. The van der Waals surface area contributed by atoms with Crippen molar-refractivity contribution in [1.82, 2.24) is 0 Å². The van der Waals surface area contributed by atoms with Gasteiger partial charge < -0.3 is 5.11 Å². The number of hydrogen-bond donors (Lipinski definition) is 1. The molecule has 0 aromatic carbocycles. The van der Waals surface area contributed by atoms with E-state index in [1.165, 1.54) is 0 Å². The highest BCUT2D eigenvalue weighted by molar-refractivity contribution is 8.01. The smallest absolute Gasteiger partial charge is 0.454 e. The van der Waals surface area contributed by atoms with Crippen LogP contribution in [0.15, 0.2) is 0 Å². The number of hydrogen-bond acceptors (Lipinski definition) is 3. The molecule has 0 bridgehead atoms. The van der Waals surface area contributed by atoms with Gasteiger partial charge in [-0.3, -0.25) is 0 Å². The lowest BCUT2D eigenvalue weighted by molar-refractivity contribution is 0.217. The topological polar surface area (TPSA) is 71.4 Å². The van der Waals surface area contributed by atoms with E-state index in [4.69, 9.17) is 18.3 Å². The van der Waals surface area contributed by atoms with E-state index in [0.717, 1.165) is 0 Å². The van der Waals surface area contributed by atoms with Crippen LogP contribution in [0.4, 0.5) is 8.68 Å². The fourth-order valence-corrected chi connectivity index (χ4v) is 0. The highest BCUT2D eigenvalue weighted by Gasteiger charge is 2.17. The van der Waals surface area contributed by atoms with E-state index in [1.807, 2.05) is 0 Å². The Hall–Kier alpha value is -0.650. The van der Waals surface area contributed by atoms with Crippen molar-refractivity contribution in [3.8, 4) is 0 Å². The Kier molecular flexibility index (Phi) is 1.32. The lowest BCUT2D eigenvalue weighted by Crippen LogP contribution is -2.03. The highest BCUT2D eigenvalue weighted by Crippen LogP contribution is 1.88. The van der Waals surface area contributed by atoms with E-state index in [1.54, 1.807) is 0 Å². The molecule has 0 spiro atoms. The van der Waals surface area contributed by atoms with Crippen LogP contribution in [-0.4, -0.2) is 18.8 Å². The molecule has 0 atom stereocenters. The molecule has 0 fully saturated rings. The van der Waals surface area contributed by atoms with Gasteiger partial charge in [0, 0.05) is 0 Å². The van der Waals surface area contributed by atoms with Crippen LogP contribution in [0.25, 0.3) is 0 Å². The lowest BCUT2D eigenvalue weighted by atomic mass is 11.6. The molecule has 0 heterocycles. The van der Waals surface area contributed by atoms with Gasteiger partial charge in [0.1, 0.15) is 0 Å².